The molecule has 264 valence electrons. The number of anilines is 1. The number of carbonyl (C=O) groups excluding carboxylic acids is 1. The summed E-state index contributed by atoms with van der Waals surface area (Å²) < 4.78 is 24.1. The summed E-state index contributed by atoms with van der Waals surface area (Å²) in [6.07, 6.45) is 0.942. The topological polar surface area (TPSA) is 126 Å². The minimum absolute atomic E-state index is 0.0951. The van der Waals surface area contributed by atoms with Gasteiger partial charge in [0.1, 0.15) is 5.75 Å². The summed E-state index contributed by atoms with van der Waals surface area (Å²) in [5, 5.41) is 12.7. The van der Waals surface area contributed by atoms with Crippen molar-refractivity contribution in [2.75, 3.05) is 52.7 Å². The van der Waals surface area contributed by atoms with Gasteiger partial charge < -0.3 is 34.8 Å². The Labute approximate surface area is 296 Å². The summed E-state index contributed by atoms with van der Waals surface area (Å²) in [4.78, 5) is 23.7. The smallest absolute Gasteiger partial charge is 0.308 e. The monoisotopic (exact) mass is 699 g/mol. The van der Waals surface area contributed by atoms with Gasteiger partial charge >= 0.3 is 5.97 Å². The van der Waals surface area contributed by atoms with Crippen molar-refractivity contribution < 1.29 is 28.8 Å². The number of nitrogen functional groups attached to an aromatic ring is 1. The van der Waals surface area contributed by atoms with Crippen molar-refractivity contribution in [2.45, 2.75) is 63.5 Å². The molecule has 1 fully saturated rings. The van der Waals surface area contributed by atoms with Crippen molar-refractivity contribution >= 4 is 34.3 Å². The molecule has 4 aliphatic rings. The molecule has 0 spiro atoms. The molecule has 0 radical (unpaired) electrons. The third-order valence-electron chi connectivity index (χ3n) is 11.3. The number of aromatic amines is 1. The van der Waals surface area contributed by atoms with E-state index in [0.29, 0.717) is 23.9 Å². The molecule has 1 saturated heterocycles. The molecule has 3 aromatic carbocycles. The number of esters is 1. The van der Waals surface area contributed by atoms with Crippen LogP contribution in [0.4, 0.5) is 5.69 Å². The van der Waals surface area contributed by atoms with Crippen molar-refractivity contribution in [1.82, 2.24) is 19.7 Å². The Balaban J connectivity index is 1.30. The van der Waals surface area contributed by atoms with Gasteiger partial charge in [-0.15, -0.1) is 11.8 Å². The average Bonchev–Trinajstić information content (AvgIpc) is 3.79. The van der Waals surface area contributed by atoms with E-state index in [0.717, 1.165) is 63.5 Å². The second-order valence-corrected chi connectivity index (χ2v) is 15.3. The molecule has 4 aromatic rings. The number of likely N-dealkylation sites (N-methyl/N-ethyl adjacent to an activating group) is 2. The quantitative estimate of drug-likeness (QED) is 0.122. The van der Waals surface area contributed by atoms with Gasteiger partial charge in [0.15, 0.2) is 23.0 Å². The molecule has 0 amide bonds. The van der Waals surface area contributed by atoms with Crippen LogP contribution >= 0.6 is 11.8 Å². The van der Waals surface area contributed by atoms with Crippen LogP contribution < -0.4 is 24.7 Å². The van der Waals surface area contributed by atoms with Gasteiger partial charge in [0.25, 0.3) is 0 Å². The van der Waals surface area contributed by atoms with E-state index in [9.17, 15) is 9.90 Å². The van der Waals surface area contributed by atoms with E-state index in [1.54, 1.807) is 7.11 Å². The fourth-order valence-corrected chi connectivity index (χ4v) is 10.6. The number of hydrogen-bond donors (Lipinski definition) is 3. The zero-order valence-electron chi connectivity index (χ0n) is 29.6. The van der Waals surface area contributed by atoms with Gasteiger partial charge in [0.2, 0.25) is 6.79 Å². The fraction of sp³-hybridized carbons (Fsp3) is 0.447. The van der Waals surface area contributed by atoms with Crippen molar-refractivity contribution in [3.8, 4) is 28.7 Å². The lowest BCUT2D eigenvalue weighted by Gasteiger charge is -2.45. The number of aryl methyl sites for hydroxylation is 1. The first kappa shape index (κ1) is 33.1. The van der Waals surface area contributed by atoms with E-state index in [4.69, 9.17) is 24.7 Å². The van der Waals surface area contributed by atoms with Crippen LogP contribution in [-0.2, 0) is 11.2 Å². The second-order valence-electron chi connectivity index (χ2n) is 14.1. The summed E-state index contributed by atoms with van der Waals surface area (Å²) in [5.41, 5.74) is 15.0. The second kappa shape index (κ2) is 12.3. The lowest BCUT2D eigenvalue weighted by molar-refractivity contribution is -0.132. The summed E-state index contributed by atoms with van der Waals surface area (Å²) >= 11 is 1.87. The molecular formula is C38H45N5O6S. The zero-order chi connectivity index (χ0) is 35.2. The number of aromatic nitrogens is 1. The lowest BCUT2D eigenvalue weighted by atomic mass is 9.82. The minimum Gasteiger partial charge on any atom is -0.504 e. The Morgan fingerprint density at radius 2 is 1.88 bits per heavy atom. The summed E-state index contributed by atoms with van der Waals surface area (Å²) in [7, 11) is 5.89. The van der Waals surface area contributed by atoms with Crippen LogP contribution in [0.2, 0.25) is 0 Å². The van der Waals surface area contributed by atoms with Gasteiger partial charge in [-0.05, 0) is 70.6 Å². The molecule has 1 aromatic heterocycles. The van der Waals surface area contributed by atoms with Crippen molar-refractivity contribution in [2.24, 2.45) is 0 Å². The van der Waals surface area contributed by atoms with Crippen molar-refractivity contribution in [1.29, 1.82) is 0 Å². The highest BCUT2D eigenvalue weighted by Gasteiger charge is 2.54. The van der Waals surface area contributed by atoms with E-state index in [1.807, 2.05) is 43.8 Å². The van der Waals surface area contributed by atoms with E-state index in [2.05, 4.69) is 52.8 Å². The Morgan fingerprint density at radius 1 is 1.10 bits per heavy atom. The normalized spacial score (nSPS) is 24.7. The molecule has 0 bridgehead atoms. The summed E-state index contributed by atoms with van der Waals surface area (Å²) in [5.74, 6) is 2.92. The number of phenolic OH excluding ortho intramolecular Hbond substituents is 1. The molecule has 0 aliphatic carbocycles. The predicted octanol–water partition coefficient (Wildman–Crippen LogP) is 6.13. The number of hydrogen-bond acceptors (Lipinski definition) is 11. The molecule has 5 atom stereocenters. The third-order valence-corrected chi connectivity index (χ3v) is 12.6. The molecule has 4 aliphatic heterocycles. The molecule has 4 N–H and O–H groups in total. The molecular weight excluding hydrogens is 655 g/mol. The lowest BCUT2D eigenvalue weighted by Crippen LogP contribution is -2.43. The molecule has 5 heterocycles. The number of nitrogens with two attached hydrogens (primary N) is 1. The van der Waals surface area contributed by atoms with E-state index >= 15 is 0 Å². The number of methoxy groups -OCH3 is 1. The number of fused-ring (bicyclic) bond motifs is 7. The predicted molar refractivity (Wildman–Crippen MR) is 194 cm³/mol. The molecule has 8 rings (SSSR count). The summed E-state index contributed by atoms with van der Waals surface area (Å²) in [6, 6.07) is 9.85. The van der Waals surface area contributed by atoms with Crippen LogP contribution in [-0.4, -0.2) is 83.8 Å². The number of H-pyrrole nitrogens is 1. The number of ether oxygens (including phenoxy) is 4. The highest BCUT2D eigenvalue weighted by Crippen LogP contribution is 2.62. The fourth-order valence-electron chi connectivity index (χ4n) is 8.91. The van der Waals surface area contributed by atoms with Crippen LogP contribution in [0.25, 0.3) is 10.9 Å². The first-order chi connectivity index (χ1) is 24.0. The number of rotatable bonds is 6. The number of thioether (sulfide) groups is 1. The third kappa shape index (κ3) is 4.94. The maximum atomic E-state index is 12.8. The zero-order valence-corrected chi connectivity index (χ0v) is 30.4. The van der Waals surface area contributed by atoms with Crippen LogP contribution in [0.15, 0.2) is 30.3 Å². The maximum Gasteiger partial charge on any atom is 0.308 e. The van der Waals surface area contributed by atoms with Gasteiger partial charge in [-0.3, -0.25) is 19.5 Å². The molecule has 11 nitrogen and oxygen atoms in total. The van der Waals surface area contributed by atoms with Crippen LogP contribution in [0.3, 0.4) is 0 Å². The largest absolute Gasteiger partial charge is 0.504 e. The van der Waals surface area contributed by atoms with E-state index in [1.165, 1.54) is 23.6 Å². The van der Waals surface area contributed by atoms with Crippen LogP contribution in [0.5, 0.6) is 28.7 Å². The van der Waals surface area contributed by atoms with Gasteiger partial charge in [-0.2, -0.15) is 0 Å². The van der Waals surface area contributed by atoms with Crippen LogP contribution in [0.1, 0.15) is 76.3 Å². The Bertz CT molecular complexity index is 2030. The Kier molecular flexibility index (Phi) is 8.13. The average molecular weight is 700 g/mol. The number of aromatic hydroxyl groups is 1. The Hall–Kier alpha value is -4.10. The van der Waals surface area contributed by atoms with E-state index < -0.39 is 0 Å². The van der Waals surface area contributed by atoms with Gasteiger partial charge in [0, 0.05) is 75.8 Å². The highest BCUT2D eigenvalue weighted by molar-refractivity contribution is 7.99. The van der Waals surface area contributed by atoms with Crippen LogP contribution in [0, 0.1) is 13.8 Å². The van der Waals surface area contributed by atoms with Crippen molar-refractivity contribution in [3.63, 3.8) is 0 Å². The number of phenols is 1. The minimum atomic E-state index is -0.386. The highest BCUT2D eigenvalue weighted by atomic mass is 32.2. The molecule has 12 heteroatoms. The molecule has 5 unspecified atom stereocenters. The number of nitrogens with zero attached hydrogens (tertiary/aromatic N) is 3. The number of nitrogens with one attached hydrogen (secondary N) is 1. The standard InChI is InChI=1S/C38H45N5O6S/c1-18-8-10-24(33(45)34(18)46-7)31-32-38(50-15-27-30-23(12-13-41(27)5)25-14-22(39)9-11-26(25)40-30)29-28(20(3)43(32)16-42(31)6)37-36(47-17-48-37)19(2)35(29)49-21(4)44/h8-11,14,20,27,31-32,38,40,45H,12-13,15-17,39H2,1-7H3. The number of carbonyl (C=O) groups is 1. The SMILES string of the molecule is COc1c(C)ccc(C2C3C(SCC4c5[nH]c6ccc(N)cc6c5CCN4C)c4c(OC(C)=O)c(C)c5c(c4C(C)N3CN2C)OCO5)c1O. The van der Waals surface area contributed by atoms with Gasteiger partial charge in [-0.1, -0.05) is 12.1 Å². The molecule has 50 heavy (non-hydrogen) atoms. The summed E-state index contributed by atoms with van der Waals surface area (Å²) in [6.45, 7) is 9.20. The van der Waals surface area contributed by atoms with Gasteiger partial charge in [0.05, 0.1) is 31.1 Å². The first-order valence-corrected chi connectivity index (χ1v) is 18.2. The van der Waals surface area contributed by atoms with Crippen molar-refractivity contribution in [3.05, 3.63) is 69.4 Å². The van der Waals surface area contributed by atoms with Gasteiger partial charge in [-0.25, -0.2) is 0 Å². The first-order valence-electron chi connectivity index (χ1n) is 17.2. The number of benzene rings is 3. The van der Waals surface area contributed by atoms with E-state index in [-0.39, 0.29) is 47.9 Å². The Morgan fingerprint density at radius 3 is 2.64 bits per heavy atom. The molecule has 0 saturated carbocycles. The maximum absolute atomic E-state index is 12.8.